The number of nitrogens with zero attached hydrogens (tertiary/aromatic N) is 1. The predicted molar refractivity (Wildman–Crippen MR) is 101 cm³/mol. The molecule has 24 heavy (non-hydrogen) atoms. The Morgan fingerprint density at radius 3 is 2.88 bits per heavy atom. The molecule has 1 aliphatic rings. The third-order valence-corrected chi connectivity index (χ3v) is 5.38. The van der Waals surface area contributed by atoms with E-state index in [1.165, 1.54) is 16.3 Å². The van der Waals surface area contributed by atoms with E-state index in [0.717, 1.165) is 24.9 Å². The summed E-state index contributed by atoms with van der Waals surface area (Å²) in [5.74, 6) is 0.108. The number of thiophene rings is 1. The lowest BCUT2D eigenvalue weighted by Gasteiger charge is -2.25. The minimum Gasteiger partial charge on any atom is -0.332 e. The van der Waals surface area contributed by atoms with E-state index in [1.807, 2.05) is 22.4 Å². The van der Waals surface area contributed by atoms with Crippen molar-refractivity contribution in [3.63, 3.8) is 0 Å². The van der Waals surface area contributed by atoms with Gasteiger partial charge in [-0.1, -0.05) is 42.5 Å². The fraction of sp³-hybridized carbons (Fsp3) is 0.190. The van der Waals surface area contributed by atoms with E-state index in [9.17, 15) is 4.79 Å². The molecule has 1 fully saturated rings. The molecule has 4 rings (SSSR count). The molecule has 120 valence electrons. The van der Waals surface area contributed by atoms with Gasteiger partial charge in [-0.25, -0.2) is 0 Å². The third-order valence-electron chi connectivity index (χ3n) is 4.68. The number of carbonyl (C=O) groups is 1. The molecular formula is C21H19NOS. The molecule has 0 N–H and O–H groups in total. The van der Waals surface area contributed by atoms with Crippen LogP contribution in [-0.4, -0.2) is 17.4 Å². The zero-order chi connectivity index (χ0) is 16.4. The summed E-state index contributed by atoms with van der Waals surface area (Å²) in [5, 5.41) is 6.57. The van der Waals surface area contributed by atoms with Crippen molar-refractivity contribution in [3.05, 3.63) is 76.5 Å². The molecule has 1 aliphatic heterocycles. The smallest absolute Gasteiger partial charge is 0.247 e. The number of benzene rings is 2. The van der Waals surface area contributed by atoms with E-state index in [-0.39, 0.29) is 11.9 Å². The molecule has 1 saturated heterocycles. The van der Waals surface area contributed by atoms with Crippen LogP contribution < -0.4 is 0 Å². The Labute approximate surface area is 146 Å². The lowest BCUT2D eigenvalue weighted by atomic mass is 9.97. The molecule has 1 amide bonds. The second-order valence-electron chi connectivity index (χ2n) is 6.15. The summed E-state index contributed by atoms with van der Waals surface area (Å²) in [7, 11) is 0. The number of likely N-dealkylation sites (tertiary alicyclic amines) is 1. The molecule has 3 heteroatoms. The number of hydrogen-bond acceptors (Lipinski definition) is 2. The molecule has 1 atom stereocenters. The van der Waals surface area contributed by atoms with Crippen LogP contribution in [0.25, 0.3) is 16.8 Å². The van der Waals surface area contributed by atoms with Crippen LogP contribution in [0.15, 0.2) is 65.4 Å². The lowest BCUT2D eigenvalue weighted by Crippen LogP contribution is -2.29. The van der Waals surface area contributed by atoms with Gasteiger partial charge in [-0.15, -0.1) is 0 Å². The number of fused-ring (bicyclic) bond motifs is 1. The molecular weight excluding hydrogens is 314 g/mol. The van der Waals surface area contributed by atoms with Gasteiger partial charge in [-0.05, 0) is 57.6 Å². The average Bonchev–Trinajstić information content (AvgIpc) is 3.31. The summed E-state index contributed by atoms with van der Waals surface area (Å²) in [6.45, 7) is 0.834. The second kappa shape index (κ2) is 6.62. The average molecular weight is 333 g/mol. The molecule has 0 saturated carbocycles. The van der Waals surface area contributed by atoms with Gasteiger partial charge in [0.05, 0.1) is 6.04 Å². The molecule has 0 aliphatic carbocycles. The predicted octanol–water partition coefficient (Wildman–Crippen LogP) is 5.28. The van der Waals surface area contributed by atoms with Gasteiger partial charge in [0.25, 0.3) is 0 Å². The topological polar surface area (TPSA) is 20.3 Å². The normalized spacial score (nSPS) is 17.8. The highest BCUT2D eigenvalue weighted by molar-refractivity contribution is 7.08. The van der Waals surface area contributed by atoms with Crippen LogP contribution in [0, 0.1) is 0 Å². The SMILES string of the molecule is O=C(/C=C/c1ccsc1)N1CCCC1c1cccc2ccccc12. The fourth-order valence-corrected chi connectivity index (χ4v) is 4.16. The summed E-state index contributed by atoms with van der Waals surface area (Å²) < 4.78 is 0. The van der Waals surface area contributed by atoms with Crippen LogP contribution in [0.2, 0.25) is 0 Å². The van der Waals surface area contributed by atoms with Crippen LogP contribution in [0.5, 0.6) is 0 Å². The molecule has 1 unspecified atom stereocenters. The Morgan fingerprint density at radius 1 is 1.12 bits per heavy atom. The van der Waals surface area contributed by atoms with E-state index in [0.29, 0.717) is 0 Å². The van der Waals surface area contributed by atoms with Crippen LogP contribution in [0.3, 0.4) is 0 Å². The Bertz CT molecular complexity index is 877. The largest absolute Gasteiger partial charge is 0.332 e. The molecule has 0 bridgehead atoms. The van der Waals surface area contributed by atoms with Crippen molar-refractivity contribution in [1.29, 1.82) is 0 Å². The monoisotopic (exact) mass is 333 g/mol. The number of amides is 1. The maximum Gasteiger partial charge on any atom is 0.247 e. The zero-order valence-corrected chi connectivity index (χ0v) is 14.2. The number of carbonyl (C=O) groups excluding carboxylic acids is 1. The summed E-state index contributed by atoms with van der Waals surface area (Å²) in [4.78, 5) is 14.7. The Balaban J connectivity index is 1.63. The first kappa shape index (κ1) is 15.2. The van der Waals surface area contributed by atoms with E-state index in [1.54, 1.807) is 17.4 Å². The summed E-state index contributed by atoms with van der Waals surface area (Å²) in [6, 6.07) is 17.0. The summed E-state index contributed by atoms with van der Waals surface area (Å²) in [5.41, 5.74) is 2.36. The number of rotatable bonds is 3. The molecule has 2 aromatic carbocycles. The molecule has 3 aromatic rings. The van der Waals surface area contributed by atoms with E-state index >= 15 is 0 Å². The van der Waals surface area contributed by atoms with Crippen LogP contribution >= 0.6 is 11.3 Å². The summed E-state index contributed by atoms with van der Waals surface area (Å²) in [6.07, 6.45) is 5.72. The first-order valence-electron chi connectivity index (χ1n) is 8.31. The fourth-order valence-electron chi connectivity index (χ4n) is 3.53. The number of hydrogen-bond donors (Lipinski definition) is 0. The second-order valence-corrected chi connectivity index (χ2v) is 6.93. The molecule has 1 aromatic heterocycles. The van der Waals surface area contributed by atoms with Gasteiger partial charge < -0.3 is 4.90 Å². The van der Waals surface area contributed by atoms with Gasteiger partial charge in [0.1, 0.15) is 0 Å². The van der Waals surface area contributed by atoms with Crippen molar-refractivity contribution in [2.24, 2.45) is 0 Å². The first-order valence-corrected chi connectivity index (χ1v) is 9.26. The summed E-state index contributed by atoms with van der Waals surface area (Å²) >= 11 is 1.65. The highest BCUT2D eigenvalue weighted by Crippen LogP contribution is 2.36. The van der Waals surface area contributed by atoms with Crippen molar-refractivity contribution >= 4 is 34.1 Å². The van der Waals surface area contributed by atoms with Crippen molar-refractivity contribution in [2.45, 2.75) is 18.9 Å². The van der Waals surface area contributed by atoms with Crippen molar-refractivity contribution < 1.29 is 4.79 Å². The molecule has 2 heterocycles. The molecule has 0 radical (unpaired) electrons. The highest BCUT2D eigenvalue weighted by Gasteiger charge is 2.29. The van der Waals surface area contributed by atoms with Crippen molar-refractivity contribution in [3.8, 4) is 0 Å². The van der Waals surface area contributed by atoms with E-state index < -0.39 is 0 Å². The zero-order valence-electron chi connectivity index (χ0n) is 13.4. The van der Waals surface area contributed by atoms with Crippen LogP contribution in [-0.2, 0) is 4.79 Å². The van der Waals surface area contributed by atoms with Crippen LogP contribution in [0.4, 0.5) is 0 Å². The maximum absolute atomic E-state index is 12.7. The van der Waals surface area contributed by atoms with Gasteiger partial charge in [0.2, 0.25) is 5.91 Å². The van der Waals surface area contributed by atoms with Gasteiger partial charge in [-0.3, -0.25) is 4.79 Å². The molecule has 2 nitrogen and oxygen atoms in total. The minimum atomic E-state index is 0.108. The third kappa shape index (κ3) is 2.87. The Kier molecular flexibility index (Phi) is 4.18. The van der Waals surface area contributed by atoms with Gasteiger partial charge >= 0.3 is 0 Å². The highest BCUT2D eigenvalue weighted by atomic mass is 32.1. The lowest BCUT2D eigenvalue weighted by molar-refractivity contribution is -0.126. The quantitative estimate of drug-likeness (QED) is 0.597. The van der Waals surface area contributed by atoms with Crippen LogP contribution in [0.1, 0.15) is 30.0 Å². The van der Waals surface area contributed by atoms with Gasteiger partial charge in [0, 0.05) is 12.6 Å². The van der Waals surface area contributed by atoms with Gasteiger partial charge in [0.15, 0.2) is 0 Å². The van der Waals surface area contributed by atoms with Crippen molar-refractivity contribution in [1.82, 2.24) is 4.90 Å². The van der Waals surface area contributed by atoms with Crippen molar-refractivity contribution in [2.75, 3.05) is 6.54 Å². The minimum absolute atomic E-state index is 0.108. The first-order chi connectivity index (χ1) is 11.8. The Morgan fingerprint density at radius 2 is 2.00 bits per heavy atom. The molecule has 0 spiro atoms. The van der Waals surface area contributed by atoms with E-state index in [4.69, 9.17) is 0 Å². The standard InChI is InChI=1S/C21H19NOS/c23-21(11-10-16-12-14-24-15-16)22-13-4-9-20(22)19-8-3-6-17-5-1-2-7-18(17)19/h1-3,5-8,10-12,14-15,20H,4,9,13H2/b11-10+. The maximum atomic E-state index is 12.7. The van der Waals surface area contributed by atoms with Gasteiger partial charge in [-0.2, -0.15) is 11.3 Å². The Hall–Kier alpha value is -2.39. The van der Waals surface area contributed by atoms with E-state index in [2.05, 4.69) is 47.8 Å².